The lowest BCUT2D eigenvalue weighted by molar-refractivity contribution is 0.474. The highest BCUT2D eigenvalue weighted by molar-refractivity contribution is 9.10. The second-order valence-corrected chi connectivity index (χ2v) is 8.04. The molecule has 5 nitrogen and oxygen atoms in total. The number of halogens is 1. The van der Waals surface area contributed by atoms with Gasteiger partial charge in [0.05, 0.1) is 11.3 Å². The fourth-order valence-corrected chi connectivity index (χ4v) is 4.13. The van der Waals surface area contributed by atoms with Gasteiger partial charge in [-0.25, -0.2) is 4.99 Å². The summed E-state index contributed by atoms with van der Waals surface area (Å²) >= 11 is 3.56. The molecule has 0 bridgehead atoms. The van der Waals surface area contributed by atoms with Crippen LogP contribution in [0.15, 0.2) is 15.5 Å². The van der Waals surface area contributed by atoms with Crippen molar-refractivity contribution in [2.45, 2.75) is 39.2 Å². The van der Waals surface area contributed by atoms with E-state index in [4.69, 9.17) is 10.7 Å². The van der Waals surface area contributed by atoms with Gasteiger partial charge in [0.25, 0.3) is 0 Å². The molecule has 2 aliphatic rings. The van der Waals surface area contributed by atoms with E-state index in [-0.39, 0.29) is 6.04 Å². The Morgan fingerprint density at radius 3 is 2.84 bits per heavy atom. The minimum Gasteiger partial charge on any atom is -0.358 e. The molecule has 0 amide bonds. The van der Waals surface area contributed by atoms with Gasteiger partial charge in [0, 0.05) is 30.0 Å². The zero-order valence-corrected chi connectivity index (χ0v) is 16.6. The Labute approximate surface area is 158 Å². The quantitative estimate of drug-likeness (QED) is 0.600. The standard InChI is InChI=1S/C19H26BrN5/c1-12-7-13(2)19(16(9-21)18(12)20)24-17(8-14-3-5-23-10-14)25-6-4-15(22)11-25/h7,14-15,23H,3-6,8,10-11,22H2,1-2H3. The minimum absolute atomic E-state index is 0.216. The van der Waals surface area contributed by atoms with Gasteiger partial charge in [-0.05, 0) is 72.8 Å². The molecule has 3 rings (SSSR count). The maximum Gasteiger partial charge on any atom is 0.105 e. The van der Waals surface area contributed by atoms with Crippen LogP contribution in [0.2, 0.25) is 0 Å². The third-order valence-electron chi connectivity index (χ3n) is 5.19. The molecule has 134 valence electrons. The lowest BCUT2D eigenvalue weighted by Crippen LogP contribution is -2.33. The predicted octanol–water partition coefficient (Wildman–Crippen LogP) is 3.00. The summed E-state index contributed by atoms with van der Waals surface area (Å²) in [6.45, 7) is 7.97. The molecule has 0 saturated carbocycles. The Hall–Kier alpha value is -1.42. The van der Waals surface area contributed by atoms with Crippen molar-refractivity contribution in [3.8, 4) is 6.07 Å². The molecule has 0 aromatic heterocycles. The van der Waals surface area contributed by atoms with E-state index in [1.165, 1.54) is 6.42 Å². The van der Waals surface area contributed by atoms with E-state index in [9.17, 15) is 5.26 Å². The lowest BCUT2D eigenvalue weighted by Gasteiger charge is -2.23. The number of likely N-dealkylation sites (tertiary alicyclic amines) is 1. The zero-order valence-electron chi connectivity index (χ0n) is 15.0. The van der Waals surface area contributed by atoms with Crippen LogP contribution in [0.3, 0.4) is 0 Å². The molecule has 0 aliphatic carbocycles. The SMILES string of the molecule is Cc1cc(C)c(N=C(CC2CCNC2)N2CCC(N)C2)c(C#N)c1Br. The third kappa shape index (κ3) is 4.05. The van der Waals surface area contributed by atoms with Crippen molar-refractivity contribution < 1.29 is 0 Å². The fraction of sp³-hybridized carbons (Fsp3) is 0.579. The number of nitrogens with zero attached hydrogens (tertiary/aromatic N) is 3. The van der Waals surface area contributed by atoms with E-state index in [1.54, 1.807) is 0 Å². The molecule has 2 aliphatic heterocycles. The first-order valence-electron chi connectivity index (χ1n) is 8.98. The number of nitrogens with two attached hydrogens (primary N) is 1. The summed E-state index contributed by atoms with van der Waals surface area (Å²) < 4.78 is 0.847. The monoisotopic (exact) mass is 403 g/mol. The summed E-state index contributed by atoms with van der Waals surface area (Å²) in [6.07, 6.45) is 3.12. The van der Waals surface area contributed by atoms with Crippen LogP contribution in [0.25, 0.3) is 0 Å². The number of aryl methyl sites for hydroxylation is 2. The molecule has 2 saturated heterocycles. The average molecular weight is 404 g/mol. The molecule has 2 atom stereocenters. The normalized spacial score (nSPS) is 24.0. The van der Waals surface area contributed by atoms with Crippen LogP contribution in [0.1, 0.15) is 36.0 Å². The summed E-state index contributed by atoms with van der Waals surface area (Å²) in [5, 5.41) is 13.1. The van der Waals surface area contributed by atoms with E-state index < -0.39 is 0 Å². The van der Waals surface area contributed by atoms with Crippen molar-refractivity contribution in [3.05, 3.63) is 27.2 Å². The van der Waals surface area contributed by atoms with Gasteiger partial charge in [0.2, 0.25) is 0 Å². The lowest BCUT2D eigenvalue weighted by atomic mass is 10.0. The number of nitriles is 1. The van der Waals surface area contributed by atoms with Crippen molar-refractivity contribution in [1.29, 1.82) is 5.26 Å². The Morgan fingerprint density at radius 2 is 2.24 bits per heavy atom. The van der Waals surface area contributed by atoms with Gasteiger partial charge in [0.15, 0.2) is 0 Å². The van der Waals surface area contributed by atoms with Crippen LogP contribution in [0.4, 0.5) is 5.69 Å². The molecule has 0 radical (unpaired) electrons. The van der Waals surface area contributed by atoms with Crippen LogP contribution >= 0.6 is 15.9 Å². The molecule has 25 heavy (non-hydrogen) atoms. The molecule has 2 heterocycles. The topological polar surface area (TPSA) is 77.4 Å². The summed E-state index contributed by atoms with van der Waals surface area (Å²) in [4.78, 5) is 7.33. The summed E-state index contributed by atoms with van der Waals surface area (Å²) in [5.74, 6) is 1.69. The summed E-state index contributed by atoms with van der Waals surface area (Å²) in [6, 6.07) is 4.64. The summed E-state index contributed by atoms with van der Waals surface area (Å²) in [7, 11) is 0. The largest absolute Gasteiger partial charge is 0.358 e. The van der Waals surface area contributed by atoms with Gasteiger partial charge in [-0.1, -0.05) is 6.07 Å². The average Bonchev–Trinajstić information content (AvgIpc) is 3.23. The zero-order chi connectivity index (χ0) is 18.0. The van der Waals surface area contributed by atoms with Gasteiger partial charge >= 0.3 is 0 Å². The van der Waals surface area contributed by atoms with Crippen LogP contribution in [-0.4, -0.2) is 43.0 Å². The smallest absolute Gasteiger partial charge is 0.105 e. The number of nitrogens with one attached hydrogen (secondary N) is 1. The van der Waals surface area contributed by atoms with Crippen molar-refractivity contribution >= 4 is 27.5 Å². The number of rotatable bonds is 3. The first kappa shape index (κ1) is 18.4. The summed E-state index contributed by atoms with van der Waals surface area (Å²) in [5.41, 5.74) is 9.66. The molecule has 1 aromatic rings. The first-order chi connectivity index (χ1) is 12.0. The van der Waals surface area contributed by atoms with Gasteiger partial charge < -0.3 is 16.0 Å². The molecule has 3 N–H and O–H groups in total. The number of aliphatic imine (C=N–C) groups is 1. The van der Waals surface area contributed by atoms with E-state index in [0.717, 1.165) is 66.1 Å². The second-order valence-electron chi connectivity index (χ2n) is 7.25. The highest BCUT2D eigenvalue weighted by Gasteiger charge is 2.26. The Morgan fingerprint density at radius 1 is 1.44 bits per heavy atom. The van der Waals surface area contributed by atoms with Crippen LogP contribution in [-0.2, 0) is 0 Å². The second kappa shape index (κ2) is 7.86. The maximum atomic E-state index is 9.66. The Kier molecular flexibility index (Phi) is 5.78. The van der Waals surface area contributed by atoms with E-state index >= 15 is 0 Å². The predicted molar refractivity (Wildman–Crippen MR) is 105 cm³/mol. The molecular weight excluding hydrogens is 378 g/mol. The minimum atomic E-state index is 0.216. The van der Waals surface area contributed by atoms with Gasteiger partial charge in [-0.15, -0.1) is 0 Å². The Balaban J connectivity index is 2.00. The number of hydrogen-bond donors (Lipinski definition) is 2. The van der Waals surface area contributed by atoms with E-state index in [1.807, 2.05) is 13.8 Å². The highest BCUT2D eigenvalue weighted by atomic mass is 79.9. The molecule has 2 fully saturated rings. The third-order valence-corrected chi connectivity index (χ3v) is 6.21. The first-order valence-corrected chi connectivity index (χ1v) is 9.77. The van der Waals surface area contributed by atoms with Crippen molar-refractivity contribution in [1.82, 2.24) is 10.2 Å². The van der Waals surface area contributed by atoms with E-state index in [0.29, 0.717) is 11.5 Å². The molecule has 1 aromatic carbocycles. The van der Waals surface area contributed by atoms with Crippen molar-refractivity contribution in [2.75, 3.05) is 26.2 Å². The molecular formula is C19H26BrN5. The molecule has 0 spiro atoms. The van der Waals surface area contributed by atoms with Gasteiger partial charge in [-0.2, -0.15) is 5.26 Å². The molecule has 2 unspecified atom stereocenters. The fourth-order valence-electron chi connectivity index (χ4n) is 3.74. The Bertz CT molecular complexity index is 716. The molecule has 6 heteroatoms. The number of amidine groups is 1. The highest BCUT2D eigenvalue weighted by Crippen LogP contribution is 2.34. The van der Waals surface area contributed by atoms with Crippen molar-refractivity contribution in [3.63, 3.8) is 0 Å². The van der Waals surface area contributed by atoms with Crippen LogP contribution in [0.5, 0.6) is 0 Å². The number of benzene rings is 1. The van der Waals surface area contributed by atoms with E-state index in [2.05, 4.69) is 38.3 Å². The van der Waals surface area contributed by atoms with Gasteiger partial charge in [-0.3, -0.25) is 0 Å². The van der Waals surface area contributed by atoms with Gasteiger partial charge in [0.1, 0.15) is 11.9 Å². The van der Waals surface area contributed by atoms with Crippen molar-refractivity contribution in [2.24, 2.45) is 16.6 Å². The number of hydrogen-bond acceptors (Lipinski definition) is 4. The van der Waals surface area contributed by atoms with Crippen LogP contribution in [0, 0.1) is 31.1 Å². The van der Waals surface area contributed by atoms with Crippen LogP contribution < -0.4 is 11.1 Å². The maximum absolute atomic E-state index is 9.66.